The summed E-state index contributed by atoms with van der Waals surface area (Å²) >= 11 is 0. The molecule has 1 aromatic carbocycles. The van der Waals surface area contributed by atoms with Gasteiger partial charge in [0.2, 0.25) is 5.91 Å². The summed E-state index contributed by atoms with van der Waals surface area (Å²) in [6, 6.07) is 10.7. The highest BCUT2D eigenvalue weighted by Gasteiger charge is 2.27. The predicted molar refractivity (Wildman–Crippen MR) is 109 cm³/mol. The molecule has 0 atom stereocenters. The van der Waals surface area contributed by atoms with Crippen molar-refractivity contribution in [3.05, 3.63) is 59.9 Å². The number of benzene rings is 1. The van der Waals surface area contributed by atoms with E-state index >= 15 is 0 Å². The Balaban J connectivity index is 1.50. The first-order chi connectivity index (χ1) is 14.8. The summed E-state index contributed by atoms with van der Waals surface area (Å²) in [5.74, 6) is -0.821. The number of aromatic nitrogens is 2. The molecule has 0 saturated heterocycles. The van der Waals surface area contributed by atoms with Crippen molar-refractivity contribution < 1.29 is 22.8 Å². The molecule has 0 bridgehead atoms. The second-order valence-corrected chi connectivity index (χ2v) is 7.66. The van der Waals surface area contributed by atoms with Crippen LogP contribution in [0.3, 0.4) is 0 Å². The Hall–Kier alpha value is -3.36. The van der Waals surface area contributed by atoms with E-state index in [1.165, 1.54) is 0 Å². The van der Waals surface area contributed by atoms with Crippen molar-refractivity contribution in [3.8, 4) is 11.3 Å². The van der Waals surface area contributed by atoms with Crippen LogP contribution in [-0.4, -0.2) is 40.0 Å². The van der Waals surface area contributed by atoms with Gasteiger partial charge >= 0.3 is 6.18 Å². The van der Waals surface area contributed by atoms with E-state index in [-0.39, 0.29) is 18.4 Å². The van der Waals surface area contributed by atoms with Crippen molar-refractivity contribution in [1.82, 2.24) is 20.0 Å². The first-order valence-corrected chi connectivity index (χ1v) is 9.99. The first kappa shape index (κ1) is 20.9. The van der Waals surface area contributed by atoms with Crippen molar-refractivity contribution in [2.24, 2.45) is 0 Å². The summed E-state index contributed by atoms with van der Waals surface area (Å²) in [5.41, 5.74) is 3.23. The van der Waals surface area contributed by atoms with Crippen LogP contribution in [0.4, 0.5) is 13.2 Å². The van der Waals surface area contributed by atoms with Crippen LogP contribution < -0.4 is 10.6 Å². The van der Waals surface area contributed by atoms with Gasteiger partial charge in [0.1, 0.15) is 12.2 Å². The summed E-state index contributed by atoms with van der Waals surface area (Å²) in [6.45, 7) is -1.35. The molecule has 2 amide bonds. The van der Waals surface area contributed by atoms with Crippen LogP contribution in [0, 0.1) is 0 Å². The Bertz CT molecular complexity index is 1120. The summed E-state index contributed by atoms with van der Waals surface area (Å²) in [4.78, 5) is 28.6. The van der Waals surface area contributed by atoms with E-state index in [2.05, 4.69) is 10.3 Å². The fourth-order valence-electron chi connectivity index (χ4n) is 3.44. The van der Waals surface area contributed by atoms with Crippen LogP contribution in [0.2, 0.25) is 0 Å². The lowest BCUT2D eigenvalue weighted by molar-refractivity contribution is -0.138. The molecule has 6 nitrogen and oxygen atoms in total. The van der Waals surface area contributed by atoms with Crippen molar-refractivity contribution in [2.75, 3.05) is 6.54 Å². The normalized spacial score (nSPS) is 14.3. The zero-order valence-electron chi connectivity index (χ0n) is 16.6. The van der Waals surface area contributed by atoms with Gasteiger partial charge in [0.15, 0.2) is 0 Å². The fourth-order valence-corrected chi connectivity index (χ4v) is 3.44. The second-order valence-electron chi connectivity index (χ2n) is 7.66. The molecule has 162 valence electrons. The minimum atomic E-state index is -4.44. The van der Waals surface area contributed by atoms with Gasteiger partial charge in [-0.05, 0) is 43.0 Å². The number of nitrogens with one attached hydrogen (secondary N) is 2. The molecule has 0 aliphatic heterocycles. The van der Waals surface area contributed by atoms with Gasteiger partial charge < -0.3 is 10.6 Å². The number of halogens is 3. The lowest BCUT2D eigenvalue weighted by Crippen LogP contribution is -2.39. The number of fused-ring (bicyclic) bond motifs is 1. The Morgan fingerprint density at radius 3 is 2.68 bits per heavy atom. The molecular formula is C22H21F3N4O2. The topological polar surface area (TPSA) is 75.5 Å². The number of carbonyl (C=O) groups is 2. The van der Waals surface area contributed by atoms with Crippen LogP contribution >= 0.6 is 0 Å². The average Bonchev–Trinajstić information content (AvgIpc) is 3.12. The molecule has 0 unspecified atom stereocenters. The lowest BCUT2D eigenvalue weighted by Gasteiger charge is -2.26. The Labute approximate surface area is 176 Å². The van der Waals surface area contributed by atoms with Crippen LogP contribution in [0.25, 0.3) is 16.9 Å². The third kappa shape index (κ3) is 5.04. The van der Waals surface area contributed by atoms with E-state index in [9.17, 15) is 22.8 Å². The number of hydrogen-bond acceptors (Lipinski definition) is 3. The molecule has 2 aromatic heterocycles. The number of nitrogens with zero attached hydrogens (tertiary/aromatic N) is 2. The summed E-state index contributed by atoms with van der Waals surface area (Å²) in [6.07, 6.45) is 1.96. The molecule has 31 heavy (non-hydrogen) atoms. The van der Waals surface area contributed by atoms with Crippen molar-refractivity contribution in [2.45, 2.75) is 37.9 Å². The number of carbonyl (C=O) groups excluding carboxylic acids is 2. The van der Waals surface area contributed by atoms with Gasteiger partial charge in [-0.3, -0.25) is 14.0 Å². The Kier molecular flexibility index (Phi) is 5.67. The van der Waals surface area contributed by atoms with Crippen LogP contribution in [-0.2, 0) is 11.2 Å². The van der Waals surface area contributed by atoms with E-state index in [0.717, 1.165) is 30.5 Å². The Morgan fingerprint density at radius 2 is 1.97 bits per heavy atom. The van der Waals surface area contributed by atoms with Crippen LogP contribution in [0.1, 0.15) is 35.2 Å². The molecule has 1 aliphatic carbocycles. The maximum Gasteiger partial charge on any atom is 0.405 e. The number of hydrogen-bond donors (Lipinski definition) is 2. The van der Waals surface area contributed by atoms with Gasteiger partial charge in [-0.25, -0.2) is 4.98 Å². The number of alkyl halides is 3. The lowest BCUT2D eigenvalue weighted by atomic mass is 9.93. The SMILES string of the molecule is O=C(Cc1cccc(-c2cnc3cc(C(=O)NC4CCC4)ccn23)c1)NCC(F)(F)F. The summed E-state index contributed by atoms with van der Waals surface area (Å²) < 4.78 is 38.6. The van der Waals surface area contributed by atoms with Crippen molar-refractivity contribution in [1.29, 1.82) is 0 Å². The highest BCUT2D eigenvalue weighted by atomic mass is 19.4. The molecular weight excluding hydrogens is 409 g/mol. The third-order valence-electron chi connectivity index (χ3n) is 5.29. The molecule has 9 heteroatoms. The van der Waals surface area contributed by atoms with E-state index in [1.807, 2.05) is 15.8 Å². The predicted octanol–water partition coefficient (Wildman–Crippen LogP) is 3.50. The number of rotatable bonds is 6. The molecule has 0 radical (unpaired) electrons. The van der Waals surface area contributed by atoms with Crippen molar-refractivity contribution in [3.63, 3.8) is 0 Å². The van der Waals surface area contributed by atoms with E-state index in [4.69, 9.17) is 0 Å². The molecule has 1 saturated carbocycles. The molecule has 2 N–H and O–H groups in total. The van der Waals surface area contributed by atoms with Gasteiger partial charge in [-0.1, -0.05) is 18.2 Å². The minimum absolute atomic E-state index is 0.122. The third-order valence-corrected chi connectivity index (χ3v) is 5.29. The van der Waals surface area contributed by atoms with Gasteiger partial charge in [-0.2, -0.15) is 13.2 Å². The highest BCUT2D eigenvalue weighted by molar-refractivity contribution is 5.95. The standard InChI is InChI=1S/C22H21F3N4O2/c23-22(24,25)13-27-20(30)10-14-3-1-4-15(9-14)18-12-26-19-11-16(7-8-29(18)19)21(31)28-17-5-2-6-17/h1,3-4,7-9,11-12,17H,2,5-6,10,13H2,(H,27,30)(H,28,31). The summed E-state index contributed by atoms with van der Waals surface area (Å²) in [5, 5.41) is 4.87. The second kappa shape index (κ2) is 8.41. The fraction of sp³-hybridized carbons (Fsp3) is 0.318. The van der Waals surface area contributed by atoms with E-state index < -0.39 is 18.6 Å². The molecule has 1 fully saturated rings. The zero-order valence-corrected chi connectivity index (χ0v) is 16.6. The number of pyridine rings is 1. The maximum atomic E-state index is 12.4. The summed E-state index contributed by atoms with van der Waals surface area (Å²) in [7, 11) is 0. The maximum absolute atomic E-state index is 12.4. The first-order valence-electron chi connectivity index (χ1n) is 9.99. The van der Waals surface area contributed by atoms with Crippen LogP contribution in [0.5, 0.6) is 0 Å². The number of imidazole rings is 1. The zero-order chi connectivity index (χ0) is 22.0. The van der Waals surface area contributed by atoms with E-state index in [0.29, 0.717) is 16.8 Å². The van der Waals surface area contributed by atoms with Gasteiger partial charge in [0.25, 0.3) is 5.91 Å². The quantitative estimate of drug-likeness (QED) is 0.629. The van der Waals surface area contributed by atoms with Gasteiger partial charge in [-0.15, -0.1) is 0 Å². The molecule has 3 aromatic rings. The smallest absolute Gasteiger partial charge is 0.349 e. The average molecular weight is 430 g/mol. The largest absolute Gasteiger partial charge is 0.405 e. The molecule has 2 heterocycles. The monoisotopic (exact) mass is 430 g/mol. The highest BCUT2D eigenvalue weighted by Crippen LogP contribution is 2.23. The molecule has 0 spiro atoms. The van der Waals surface area contributed by atoms with Crippen LogP contribution in [0.15, 0.2) is 48.8 Å². The number of amides is 2. The van der Waals surface area contributed by atoms with Gasteiger partial charge in [0, 0.05) is 23.4 Å². The van der Waals surface area contributed by atoms with Crippen molar-refractivity contribution >= 4 is 17.5 Å². The van der Waals surface area contributed by atoms with Gasteiger partial charge in [0.05, 0.1) is 18.3 Å². The molecule has 4 rings (SSSR count). The Morgan fingerprint density at radius 1 is 1.16 bits per heavy atom. The van der Waals surface area contributed by atoms with E-state index in [1.54, 1.807) is 42.7 Å². The minimum Gasteiger partial charge on any atom is -0.349 e. The molecule has 1 aliphatic rings.